The molecule has 0 bridgehead atoms. The summed E-state index contributed by atoms with van der Waals surface area (Å²) in [6.07, 6.45) is 0.766. The van der Waals surface area contributed by atoms with Gasteiger partial charge in [-0.25, -0.2) is 0 Å². The Morgan fingerprint density at radius 3 is 2.27 bits per heavy atom. The summed E-state index contributed by atoms with van der Waals surface area (Å²) in [5.74, 6) is 0.299. The lowest BCUT2D eigenvalue weighted by atomic mass is 10.1. The Hall–Kier alpha value is -0.410. The first-order valence-corrected chi connectivity index (χ1v) is 3.92. The van der Waals surface area contributed by atoms with Gasteiger partial charge in [-0.15, -0.1) is 0 Å². The molecule has 0 aromatic rings. The van der Waals surface area contributed by atoms with Gasteiger partial charge in [0.25, 0.3) is 0 Å². The summed E-state index contributed by atoms with van der Waals surface area (Å²) in [6, 6.07) is 0. The van der Waals surface area contributed by atoms with Gasteiger partial charge in [0.1, 0.15) is 6.29 Å². The zero-order valence-electron chi connectivity index (χ0n) is 6.95. The molecular weight excluding hydrogens is 144 g/mol. The van der Waals surface area contributed by atoms with E-state index in [1.165, 1.54) is 0 Å². The molecule has 0 radical (unpaired) electrons. The fraction of sp³-hybridized carbons (Fsp3) is 0.875. The SMILES string of the molecule is CC(C)C1OCC(C=O)CO1. The molecule has 1 heterocycles. The minimum Gasteiger partial charge on any atom is -0.352 e. The van der Waals surface area contributed by atoms with Crippen molar-refractivity contribution in [1.29, 1.82) is 0 Å². The molecule has 1 aliphatic rings. The maximum atomic E-state index is 10.3. The second-order valence-corrected chi connectivity index (χ2v) is 3.18. The monoisotopic (exact) mass is 158 g/mol. The molecule has 1 saturated heterocycles. The van der Waals surface area contributed by atoms with Crippen LogP contribution in [0.1, 0.15) is 13.8 Å². The highest BCUT2D eigenvalue weighted by Crippen LogP contribution is 2.15. The summed E-state index contributed by atoms with van der Waals surface area (Å²) in [5.41, 5.74) is 0. The van der Waals surface area contributed by atoms with Crippen molar-refractivity contribution in [1.82, 2.24) is 0 Å². The van der Waals surface area contributed by atoms with Gasteiger partial charge in [0.15, 0.2) is 6.29 Å². The van der Waals surface area contributed by atoms with E-state index in [1.807, 2.05) is 13.8 Å². The van der Waals surface area contributed by atoms with Crippen molar-refractivity contribution in [3.05, 3.63) is 0 Å². The van der Waals surface area contributed by atoms with Crippen molar-refractivity contribution in [2.75, 3.05) is 13.2 Å². The molecule has 1 fully saturated rings. The van der Waals surface area contributed by atoms with Gasteiger partial charge in [-0.2, -0.15) is 0 Å². The van der Waals surface area contributed by atoms with Crippen molar-refractivity contribution in [3.63, 3.8) is 0 Å². The van der Waals surface area contributed by atoms with Crippen LogP contribution >= 0.6 is 0 Å². The number of hydrogen-bond donors (Lipinski definition) is 0. The van der Waals surface area contributed by atoms with Gasteiger partial charge in [-0.05, 0) is 0 Å². The smallest absolute Gasteiger partial charge is 0.159 e. The summed E-state index contributed by atoms with van der Waals surface area (Å²) < 4.78 is 10.6. The Kier molecular flexibility index (Phi) is 3.02. The van der Waals surface area contributed by atoms with Gasteiger partial charge in [0, 0.05) is 5.92 Å². The second kappa shape index (κ2) is 3.83. The molecule has 0 saturated carbocycles. The van der Waals surface area contributed by atoms with Crippen LogP contribution < -0.4 is 0 Å². The quantitative estimate of drug-likeness (QED) is 0.558. The molecule has 1 rings (SSSR count). The fourth-order valence-corrected chi connectivity index (χ4v) is 0.997. The van der Waals surface area contributed by atoms with Crippen LogP contribution in [0.25, 0.3) is 0 Å². The van der Waals surface area contributed by atoms with Crippen LogP contribution in [0.5, 0.6) is 0 Å². The fourth-order valence-electron chi connectivity index (χ4n) is 0.997. The lowest BCUT2D eigenvalue weighted by Crippen LogP contribution is -2.35. The third kappa shape index (κ3) is 2.27. The number of aldehydes is 1. The van der Waals surface area contributed by atoms with Crippen LogP contribution in [-0.4, -0.2) is 25.8 Å². The number of rotatable bonds is 2. The van der Waals surface area contributed by atoms with Gasteiger partial charge in [-0.1, -0.05) is 13.8 Å². The third-order valence-corrected chi connectivity index (χ3v) is 1.69. The normalized spacial score (nSPS) is 32.3. The average molecular weight is 158 g/mol. The van der Waals surface area contributed by atoms with Crippen molar-refractivity contribution < 1.29 is 14.3 Å². The van der Waals surface area contributed by atoms with Crippen molar-refractivity contribution in [2.45, 2.75) is 20.1 Å². The van der Waals surface area contributed by atoms with Crippen molar-refractivity contribution in [2.24, 2.45) is 11.8 Å². The first-order chi connectivity index (χ1) is 5.24. The van der Waals surface area contributed by atoms with E-state index in [0.29, 0.717) is 19.1 Å². The van der Waals surface area contributed by atoms with Gasteiger partial charge in [0.2, 0.25) is 0 Å². The molecule has 0 unspecified atom stereocenters. The molecule has 11 heavy (non-hydrogen) atoms. The van der Waals surface area contributed by atoms with E-state index in [9.17, 15) is 4.79 Å². The minimum atomic E-state index is -0.119. The molecule has 3 heteroatoms. The summed E-state index contributed by atoms with van der Waals surface area (Å²) >= 11 is 0. The topological polar surface area (TPSA) is 35.5 Å². The van der Waals surface area contributed by atoms with Crippen LogP contribution in [0.4, 0.5) is 0 Å². The van der Waals surface area contributed by atoms with E-state index >= 15 is 0 Å². The molecule has 64 valence electrons. The maximum Gasteiger partial charge on any atom is 0.159 e. The molecule has 3 nitrogen and oxygen atoms in total. The Morgan fingerprint density at radius 1 is 1.36 bits per heavy atom. The van der Waals surface area contributed by atoms with Crippen LogP contribution in [0.15, 0.2) is 0 Å². The molecular formula is C8H14O3. The highest BCUT2D eigenvalue weighted by Gasteiger charge is 2.23. The van der Waals surface area contributed by atoms with E-state index in [0.717, 1.165) is 6.29 Å². The van der Waals surface area contributed by atoms with Crippen LogP contribution in [0.3, 0.4) is 0 Å². The lowest BCUT2D eigenvalue weighted by Gasteiger charge is -2.29. The third-order valence-electron chi connectivity index (χ3n) is 1.69. The summed E-state index contributed by atoms with van der Waals surface area (Å²) in [4.78, 5) is 10.3. The van der Waals surface area contributed by atoms with Gasteiger partial charge in [-0.3, -0.25) is 0 Å². The van der Waals surface area contributed by atoms with E-state index in [-0.39, 0.29) is 12.2 Å². The molecule has 0 aromatic carbocycles. The molecule has 0 spiro atoms. The van der Waals surface area contributed by atoms with Crippen molar-refractivity contribution >= 4 is 6.29 Å². The molecule has 0 N–H and O–H groups in total. The molecule has 0 aromatic heterocycles. The van der Waals surface area contributed by atoms with Crippen LogP contribution in [0, 0.1) is 11.8 Å². The zero-order chi connectivity index (χ0) is 8.27. The second-order valence-electron chi connectivity index (χ2n) is 3.18. The van der Waals surface area contributed by atoms with E-state index < -0.39 is 0 Å². The Labute approximate surface area is 66.7 Å². The first-order valence-electron chi connectivity index (χ1n) is 3.92. The first kappa shape index (κ1) is 8.68. The number of carbonyl (C=O) groups excluding carboxylic acids is 1. The molecule has 1 aliphatic heterocycles. The summed E-state index contributed by atoms with van der Waals surface area (Å²) in [5, 5.41) is 0. The number of carbonyl (C=O) groups is 1. The molecule has 0 amide bonds. The van der Waals surface area contributed by atoms with Crippen LogP contribution in [0.2, 0.25) is 0 Å². The molecule has 0 aliphatic carbocycles. The predicted octanol–water partition coefficient (Wildman–Crippen LogP) is 0.830. The van der Waals surface area contributed by atoms with Gasteiger partial charge >= 0.3 is 0 Å². The van der Waals surface area contributed by atoms with Gasteiger partial charge < -0.3 is 14.3 Å². The maximum absolute atomic E-state index is 10.3. The zero-order valence-corrected chi connectivity index (χ0v) is 6.95. The van der Waals surface area contributed by atoms with E-state index in [2.05, 4.69) is 0 Å². The van der Waals surface area contributed by atoms with Gasteiger partial charge in [0.05, 0.1) is 19.1 Å². The standard InChI is InChI=1S/C8H14O3/c1-6(2)8-10-4-7(3-9)5-11-8/h3,6-8H,4-5H2,1-2H3. The summed E-state index contributed by atoms with van der Waals surface area (Å²) in [6.45, 7) is 5.08. The predicted molar refractivity (Wildman–Crippen MR) is 40.1 cm³/mol. The highest BCUT2D eigenvalue weighted by atomic mass is 16.7. The Morgan fingerprint density at radius 2 is 1.91 bits per heavy atom. The van der Waals surface area contributed by atoms with Crippen LogP contribution in [-0.2, 0) is 14.3 Å². The highest BCUT2D eigenvalue weighted by molar-refractivity contribution is 5.53. The largest absolute Gasteiger partial charge is 0.352 e. The number of hydrogen-bond acceptors (Lipinski definition) is 3. The molecule has 0 atom stereocenters. The average Bonchev–Trinajstić information content (AvgIpc) is 2.05. The van der Waals surface area contributed by atoms with Crippen molar-refractivity contribution in [3.8, 4) is 0 Å². The Balaban J connectivity index is 2.29. The summed E-state index contributed by atoms with van der Waals surface area (Å²) in [7, 11) is 0. The number of ether oxygens (including phenoxy) is 2. The Bertz CT molecular complexity index is 125. The minimum absolute atomic E-state index is 0.0648. The lowest BCUT2D eigenvalue weighted by molar-refractivity contribution is -0.215. The van der Waals surface area contributed by atoms with E-state index in [1.54, 1.807) is 0 Å². The van der Waals surface area contributed by atoms with E-state index in [4.69, 9.17) is 9.47 Å².